The second kappa shape index (κ2) is 8.79. The lowest BCUT2D eigenvalue weighted by atomic mass is 10.0. The van der Waals surface area contributed by atoms with E-state index in [1.807, 2.05) is 16.6 Å². The van der Waals surface area contributed by atoms with E-state index in [1.54, 1.807) is 11.8 Å². The molecule has 0 saturated carbocycles. The summed E-state index contributed by atoms with van der Waals surface area (Å²) in [6.45, 7) is 4.23. The molecule has 0 bridgehead atoms. The van der Waals surface area contributed by atoms with Gasteiger partial charge in [-0.05, 0) is 52.5 Å². The van der Waals surface area contributed by atoms with E-state index in [2.05, 4.69) is 48.4 Å². The van der Waals surface area contributed by atoms with Crippen LogP contribution in [0.4, 0.5) is 11.5 Å². The summed E-state index contributed by atoms with van der Waals surface area (Å²) < 4.78 is 2.75. The molecule has 0 spiro atoms. The third-order valence-corrected chi connectivity index (χ3v) is 7.77. The number of thiophene rings is 1. The number of fused-ring (bicyclic) bond motifs is 1. The number of piperidine rings is 1. The number of nitrogens with two attached hydrogens (primary N) is 1. The number of anilines is 2. The maximum absolute atomic E-state index is 12.7. The summed E-state index contributed by atoms with van der Waals surface area (Å²) in [5.41, 5.74) is 9.94. The largest absolute Gasteiger partial charge is 0.382 e. The smallest absolute Gasteiger partial charge is 0.261 e. The molecule has 2 aliphatic rings. The van der Waals surface area contributed by atoms with Crippen molar-refractivity contribution < 1.29 is 9.59 Å². The lowest BCUT2D eigenvalue weighted by molar-refractivity contribution is -0.127. The molecule has 0 unspecified atom stereocenters. The quantitative estimate of drug-likeness (QED) is 0.537. The zero-order chi connectivity index (χ0) is 23.1. The molecule has 2 aliphatic heterocycles. The highest BCUT2D eigenvalue weighted by Crippen LogP contribution is 2.34. The van der Waals surface area contributed by atoms with Crippen LogP contribution in [-0.4, -0.2) is 63.5 Å². The lowest BCUT2D eigenvalue weighted by Gasteiger charge is -2.34. The van der Waals surface area contributed by atoms with Crippen molar-refractivity contribution in [2.75, 3.05) is 36.8 Å². The molecule has 5 heterocycles. The Kier molecular flexibility index (Phi) is 5.83. The summed E-state index contributed by atoms with van der Waals surface area (Å²) in [5.74, 6) is 0.398. The van der Waals surface area contributed by atoms with E-state index in [0.717, 1.165) is 45.6 Å². The maximum atomic E-state index is 12.7. The standard InChI is InChI=1S/C22H24BrN7O2S/c1-13(31)28-8-6-14(10-28)16-9-17(20-21(24)25-12-26-30(16)20)29-7-2-3-15(11-29)27-22(32)18-4-5-19(23)33-18/h4-6,9,12,15H,2-3,7-8,10-11H2,1H3,(H,27,32)(H2,24,25,26)/t15-/m1/s1. The fourth-order valence-electron chi connectivity index (χ4n) is 4.51. The van der Waals surface area contributed by atoms with Crippen LogP contribution in [0, 0.1) is 0 Å². The molecule has 33 heavy (non-hydrogen) atoms. The number of nitrogens with zero attached hydrogens (tertiary/aromatic N) is 5. The predicted octanol–water partition coefficient (Wildman–Crippen LogP) is 2.78. The van der Waals surface area contributed by atoms with Gasteiger partial charge in [0.2, 0.25) is 5.91 Å². The van der Waals surface area contributed by atoms with Crippen molar-refractivity contribution in [3.8, 4) is 0 Å². The Morgan fingerprint density at radius 3 is 2.91 bits per heavy atom. The van der Waals surface area contributed by atoms with E-state index >= 15 is 0 Å². The Hall–Kier alpha value is -2.92. The second-order valence-electron chi connectivity index (χ2n) is 8.31. The number of carbonyl (C=O) groups is 2. The highest BCUT2D eigenvalue weighted by Gasteiger charge is 2.28. The Balaban J connectivity index is 1.42. The average molecular weight is 530 g/mol. The van der Waals surface area contributed by atoms with Crippen LogP contribution in [0.5, 0.6) is 0 Å². The van der Waals surface area contributed by atoms with Crippen molar-refractivity contribution in [1.29, 1.82) is 0 Å². The van der Waals surface area contributed by atoms with Crippen LogP contribution >= 0.6 is 27.3 Å². The molecule has 0 aliphatic carbocycles. The average Bonchev–Trinajstić information content (AvgIpc) is 3.52. The van der Waals surface area contributed by atoms with Crippen molar-refractivity contribution in [3.63, 3.8) is 0 Å². The predicted molar refractivity (Wildman–Crippen MR) is 132 cm³/mol. The minimum Gasteiger partial charge on any atom is -0.382 e. The summed E-state index contributed by atoms with van der Waals surface area (Å²) in [4.78, 5) is 33.4. The van der Waals surface area contributed by atoms with Crippen LogP contribution in [0.1, 0.15) is 35.1 Å². The van der Waals surface area contributed by atoms with E-state index in [0.29, 0.717) is 30.3 Å². The molecule has 1 fully saturated rings. The molecular weight excluding hydrogens is 506 g/mol. The SMILES string of the molecule is CC(=O)N1CC=C(c2cc(N3CCC[C@@H](NC(=O)c4ccc(Br)s4)C3)c3c(N)ncnn23)C1. The van der Waals surface area contributed by atoms with Gasteiger partial charge in [0.05, 0.1) is 20.0 Å². The molecule has 2 amide bonds. The van der Waals surface area contributed by atoms with Gasteiger partial charge in [0.15, 0.2) is 5.82 Å². The summed E-state index contributed by atoms with van der Waals surface area (Å²) >= 11 is 4.84. The number of carbonyl (C=O) groups excluding carboxylic acids is 2. The van der Waals surface area contributed by atoms with E-state index < -0.39 is 0 Å². The van der Waals surface area contributed by atoms with E-state index in [1.165, 1.54) is 17.7 Å². The molecule has 5 rings (SSSR count). The van der Waals surface area contributed by atoms with Crippen LogP contribution in [0.3, 0.4) is 0 Å². The first-order valence-electron chi connectivity index (χ1n) is 10.8. The van der Waals surface area contributed by atoms with E-state index in [9.17, 15) is 9.59 Å². The van der Waals surface area contributed by atoms with Gasteiger partial charge >= 0.3 is 0 Å². The van der Waals surface area contributed by atoms with Crippen LogP contribution in [0.2, 0.25) is 0 Å². The van der Waals surface area contributed by atoms with E-state index in [-0.39, 0.29) is 17.9 Å². The second-order valence-corrected chi connectivity index (χ2v) is 10.8. The summed E-state index contributed by atoms with van der Waals surface area (Å²) in [7, 11) is 0. The third-order valence-electron chi connectivity index (χ3n) is 6.15. The summed E-state index contributed by atoms with van der Waals surface area (Å²) in [5, 5.41) is 7.64. The molecule has 3 aromatic rings. The molecule has 1 atom stereocenters. The van der Waals surface area contributed by atoms with Crippen LogP contribution in [-0.2, 0) is 4.79 Å². The summed E-state index contributed by atoms with van der Waals surface area (Å²) in [6, 6.07) is 5.82. The Labute approximate surface area is 203 Å². The van der Waals surface area contributed by atoms with E-state index in [4.69, 9.17) is 5.73 Å². The number of hydrogen-bond donors (Lipinski definition) is 2. The number of amides is 2. The van der Waals surface area contributed by atoms with Gasteiger partial charge in [0.1, 0.15) is 11.8 Å². The van der Waals surface area contributed by atoms with Gasteiger partial charge in [-0.3, -0.25) is 9.59 Å². The van der Waals surface area contributed by atoms with Gasteiger partial charge < -0.3 is 20.9 Å². The first-order valence-corrected chi connectivity index (χ1v) is 12.4. The van der Waals surface area contributed by atoms with Crippen molar-refractivity contribution >= 4 is 61.7 Å². The normalized spacial score (nSPS) is 18.6. The Morgan fingerprint density at radius 2 is 2.18 bits per heavy atom. The van der Waals surface area contributed by atoms with Gasteiger partial charge in [0.25, 0.3) is 5.91 Å². The fourth-order valence-corrected chi connectivity index (χ4v) is 5.79. The number of nitrogen functional groups attached to an aromatic ring is 1. The zero-order valence-corrected chi connectivity index (χ0v) is 20.5. The molecule has 172 valence electrons. The summed E-state index contributed by atoms with van der Waals surface area (Å²) in [6.07, 6.45) is 5.37. The van der Waals surface area contributed by atoms with Gasteiger partial charge in [-0.1, -0.05) is 6.08 Å². The molecule has 9 nitrogen and oxygen atoms in total. The minimum absolute atomic E-state index is 0.0234. The molecule has 0 radical (unpaired) electrons. The molecule has 11 heteroatoms. The van der Waals surface area contributed by atoms with Gasteiger partial charge in [-0.25, -0.2) is 9.50 Å². The molecular formula is C22H24BrN7O2S. The van der Waals surface area contributed by atoms with Crippen molar-refractivity contribution in [3.05, 3.63) is 45.0 Å². The first-order chi connectivity index (χ1) is 15.9. The fraction of sp³-hybridized carbons (Fsp3) is 0.364. The van der Waals surface area contributed by atoms with Gasteiger partial charge in [-0.2, -0.15) is 5.10 Å². The van der Waals surface area contributed by atoms with Gasteiger partial charge in [-0.15, -0.1) is 11.3 Å². The van der Waals surface area contributed by atoms with Crippen molar-refractivity contribution in [2.24, 2.45) is 0 Å². The minimum atomic E-state index is -0.0525. The molecule has 1 saturated heterocycles. The molecule has 3 aromatic heterocycles. The van der Waals surface area contributed by atoms with Crippen molar-refractivity contribution in [1.82, 2.24) is 24.8 Å². The highest BCUT2D eigenvalue weighted by atomic mass is 79.9. The number of aromatic nitrogens is 3. The third kappa shape index (κ3) is 4.22. The van der Waals surface area contributed by atoms with Crippen LogP contribution in [0.25, 0.3) is 11.1 Å². The number of hydrogen-bond acceptors (Lipinski definition) is 7. The highest BCUT2D eigenvalue weighted by molar-refractivity contribution is 9.11. The number of halogens is 1. The maximum Gasteiger partial charge on any atom is 0.261 e. The molecule has 3 N–H and O–H groups in total. The number of nitrogens with one attached hydrogen (secondary N) is 1. The molecule has 0 aromatic carbocycles. The first kappa shape index (κ1) is 21.9. The topological polar surface area (TPSA) is 109 Å². The van der Waals surface area contributed by atoms with Gasteiger partial charge in [0, 0.05) is 39.1 Å². The Morgan fingerprint density at radius 1 is 1.33 bits per heavy atom. The van der Waals surface area contributed by atoms with Crippen molar-refractivity contribution in [2.45, 2.75) is 25.8 Å². The zero-order valence-electron chi connectivity index (χ0n) is 18.1. The number of rotatable bonds is 4. The van der Waals surface area contributed by atoms with Crippen LogP contribution < -0.4 is 16.0 Å². The van der Waals surface area contributed by atoms with Crippen LogP contribution in [0.15, 0.2) is 34.4 Å². The monoisotopic (exact) mass is 529 g/mol. The Bertz CT molecular complexity index is 1270. The lowest BCUT2D eigenvalue weighted by Crippen LogP contribution is -2.47.